The minimum atomic E-state index is -0.978. The summed E-state index contributed by atoms with van der Waals surface area (Å²) in [6.07, 6.45) is 19.2. The summed E-state index contributed by atoms with van der Waals surface area (Å²) < 4.78 is 4.83. The van der Waals surface area contributed by atoms with Crippen LogP contribution in [0, 0.1) is 0 Å². The van der Waals surface area contributed by atoms with E-state index in [9.17, 15) is 29.1 Å². The lowest BCUT2D eigenvalue weighted by atomic mass is 10.0. The Hall–Kier alpha value is -3.63. The van der Waals surface area contributed by atoms with E-state index in [4.69, 9.17) is 4.74 Å². The van der Waals surface area contributed by atoms with Crippen molar-refractivity contribution in [2.45, 2.75) is 147 Å². The summed E-state index contributed by atoms with van der Waals surface area (Å²) in [5.74, 6) is -1.73. The summed E-state index contributed by atoms with van der Waals surface area (Å²) >= 11 is 0. The molecule has 2 saturated heterocycles. The summed E-state index contributed by atoms with van der Waals surface area (Å²) in [7, 11) is 1.23. The maximum absolute atomic E-state index is 13.7. The van der Waals surface area contributed by atoms with Crippen molar-refractivity contribution in [1.29, 1.82) is 0 Å². The van der Waals surface area contributed by atoms with Crippen LogP contribution < -0.4 is 10.6 Å². The second kappa shape index (κ2) is 22.2. The Balaban J connectivity index is 1.37. The molecule has 2 aliphatic heterocycles. The third-order valence-corrected chi connectivity index (χ3v) is 9.81. The number of carbonyl (C=O) groups excluding carboxylic acids is 5. The molecule has 274 valence electrons. The number of esters is 1. The van der Waals surface area contributed by atoms with Gasteiger partial charge in [-0.05, 0) is 49.8 Å². The molecule has 49 heavy (non-hydrogen) atoms. The normalized spacial score (nSPS) is 17.9. The van der Waals surface area contributed by atoms with Gasteiger partial charge in [0.1, 0.15) is 23.9 Å². The monoisotopic (exact) mass is 684 g/mol. The number of nitrogens with zero attached hydrogens (tertiary/aromatic N) is 2. The Morgan fingerprint density at radius 1 is 0.796 bits per heavy atom. The summed E-state index contributed by atoms with van der Waals surface area (Å²) in [5.41, 5.74) is 0.710. The Morgan fingerprint density at radius 3 is 1.94 bits per heavy atom. The average Bonchev–Trinajstić information content (AvgIpc) is 3.80. The average molecular weight is 685 g/mol. The van der Waals surface area contributed by atoms with Crippen molar-refractivity contribution in [3.8, 4) is 5.75 Å². The first-order valence-electron chi connectivity index (χ1n) is 18.8. The Labute approximate surface area is 292 Å². The molecule has 0 aromatic heterocycles. The van der Waals surface area contributed by atoms with Crippen LogP contribution in [0.15, 0.2) is 24.3 Å². The van der Waals surface area contributed by atoms with E-state index >= 15 is 0 Å². The molecule has 2 heterocycles. The minimum absolute atomic E-state index is 0.0169. The molecule has 3 atom stereocenters. The van der Waals surface area contributed by atoms with Gasteiger partial charge in [0.25, 0.3) is 0 Å². The number of hydrogen-bond donors (Lipinski definition) is 3. The van der Waals surface area contributed by atoms with Gasteiger partial charge < -0.3 is 30.3 Å². The van der Waals surface area contributed by atoms with Gasteiger partial charge in [0.2, 0.25) is 23.6 Å². The fourth-order valence-electron chi connectivity index (χ4n) is 6.99. The van der Waals surface area contributed by atoms with Crippen molar-refractivity contribution in [2.75, 3.05) is 26.7 Å². The number of rotatable bonds is 22. The first-order chi connectivity index (χ1) is 23.7. The molecule has 3 rings (SSSR count). The summed E-state index contributed by atoms with van der Waals surface area (Å²) in [5, 5.41) is 14.7. The van der Waals surface area contributed by atoms with Gasteiger partial charge in [-0.3, -0.25) is 19.2 Å². The first kappa shape index (κ1) is 39.8. The van der Waals surface area contributed by atoms with Crippen LogP contribution in [0.2, 0.25) is 0 Å². The SMILES string of the molecule is CCCCCCCCCCCCCCCC(=O)N1CCC[C@H]1C(=O)N1CCC[C@H]1C(=O)NCC(=O)NC(Cc1ccc(O)cc1)C(=O)OC. The number of methoxy groups -OCH3 is 1. The zero-order chi connectivity index (χ0) is 35.4. The van der Waals surface area contributed by atoms with Gasteiger partial charge in [-0.25, -0.2) is 4.79 Å². The number of aromatic hydroxyl groups is 1. The molecule has 0 bridgehead atoms. The minimum Gasteiger partial charge on any atom is -0.508 e. The molecule has 0 radical (unpaired) electrons. The number of phenolic OH excluding ortho intramolecular Hbond substituents is 1. The lowest BCUT2D eigenvalue weighted by molar-refractivity contribution is -0.147. The van der Waals surface area contributed by atoms with Crippen molar-refractivity contribution >= 4 is 29.6 Å². The number of likely N-dealkylation sites (tertiary alicyclic amines) is 2. The van der Waals surface area contributed by atoms with Crippen LogP contribution in [0.3, 0.4) is 0 Å². The predicted octanol–water partition coefficient (Wildman–Crippen LogP) is 5.17. The van der Waals surface area contributed by atoms with E-state index in [0.29, 0.717) is 44.3 Å². The second-order valence-corrected chi connectivity index (χ2v) is 13.7. The van der Waals surface area contributed by atoms with Crippen LogP contribution in [0.25, 0.3) is 0 Å². The molecule has 4 amide bonds. The topological polar surface area (TPSA) is 145 Å². The zero-order valence-electron chi connectivity index (χ0n) is 29.9. The van der Waals surface area contributed by atoms with Crippen LogP contribution in [0.5, 0.6) is 5.75 Å². The molecular weight excluding hydrogens is 624 g/mol. The van der Waals surface area contributed by atoms with Crippen LogP contribution >= 0.6 is 0 Å². The molecule has 11 nitrogen and oxygen atoms in total. The van der Waals surface area contributed by atoms with Crippen LogP contribution in [0.1, 0.15) is 128 Å². The quantitative estimate of drug-likeness (QED) is 0.113. The highest BCUT2D eigenvalue weighted by Gasteiger charge is 2.42. The maximum Gasteiger partial charge on any atom is 0.328 e. The number of phenols is 1. The molecule has 1 aromatic carbocycles. The van der Waals surface area contributed by atoms with Crippen molar-refractivity contribution in [2.24, 2.45) is 0 Å². The first-order valence-corrected chi connectivity index (χ1v) is 18.8. The number of ether oxygens (including phenoxy) is 1. The van der Waals surface area contributed by atoms with Gasteiger partial charge in [0, 0.05) is 25.9 Å². The maximum atomic E-state index is 13.7. The van der Waals surface area contributed by atoms with Crippen LogP contribution in [-0.2, 0) is 35.1 Å². The van der Waals surface area contributed by atoms with E-state index in [1.54, 1.807) is 21.9 Å². The smallest absolute Gasteiger partial charge is 0.328 e. The number of amides is 4. The Kier molecular flexibility index (Phi) is 18.0. The van der Waals surface area contributed by atoms with E-state index in [0.717, 1.165) is 25.7 Å². The fraction of sp³-hybridized carbons (Fsp3) is 0.711. The predicted molar refractivity (Wildman–Crippen MR) is 189 cm³/mol. The summed E-state index contributed by atoms with van der Waals surface area (Å²) in [6.45, 7) is 2.87. The molecule has 3 N–H and O–H groups in total. The van der Waals surface area contributed by atoms with Crippen molar-refractivity contribution in [3.63, 3.8) is 0 Å². The van der Waals surface area contributed by atoms with Crippen LogP contribution in [0.4, 0.5) is 0 Å². The Morgan fingerprint density at radius 2 is 1.35 bits per heavy atom. The Bertz CT molecular complexity index is 1190. The molecule has 0 spiro atoms. The lowest BCUT2D eigenvalue weighted by Crippen LogP contribution is -2.54. The number of nitrogens with one attached hydrogen (secondary N) is 2. The van der Waals surface area contributed by atoms with E-state index in [-0.39, 0.29) is 30.5 Å². The molecule has 1 aromatic rings. The fourth-order valence-corrected chi connectivity index (χ4v) is 6.99. The second-order valence-electron chi connectivity index (χ2n) is 13.7. The van der Waals surface area contributed by atoms with Gasteiger partial charge in [-0.1, -0.05) is 96.1 Å². The third-order valence-electron chi connectivity index (χ3n) is 9.81. The van der Waals surface area contributed by atoms with E-state index < -0.39 is 35.9 Å². The van der Waals surface area contributed by atoms with Gasteiger partial charge in [-0.2, -0.15) is 0 Å². The highest BCUT2D eigenvalue weighted by molar-refractivity contribution is 5.94. The molecular formula is C38H60N4O7. The van der Waals surface area contributed by atoms with E-state index in [2.05, 4.69) is 17.6 Å². The summed E-state index contributed by atoms with van der Waals surface area (Å²) in [6, 6.07) is 4.02. The van der Waals surface area contributed by atoms with Gasteiger partial charge in [0.15, 0.2) is 0 Å². The van der Waals surface area contributed by atoms with Gasteiger partial charge in [-0.15, -0.1) is 0 Å². The lowest BCUT2D eigenvalue weighted by Gasteiger charge is -2.31. The van der Waals surface area contributed by atoms with Crippen molar-refractivity contribution in [3.05, 3.63) is 29.8 Å². The molecule has 11 heteroatoms. The summed E-state index contributed by atoms with van der Waals surface area (Å²) in [4.78, 5) is 68.3. The van der Waals surface area contributed by atoms with E-state index in [1.165, 1.54) is 83.5 Å². The zero-order valence-corrected chi connectivity index (χ0v) is 29.9. The highest BCUT2D eigenvalue weighted by Crippen LogP contribution is 2.26. The third kappa shape index (κ3) is 13.7. The van der Waals surface area contributed by atoms with Crippen LogP contribution in [-0.4, -0.2) is 89.4 Å². The number of benzene rings is 1. The van der Waals surface area contributed by atoms with Crippen molar-refractivity contribution < 1.29 is 33.8 Å². The van der Waals surface area contributed by atoms with Gasteiger partial charge >= 0.3 is 5.97 Å². The van der Waals surface area contributed by atoms with Crippen molar-refractivity contribution in [1.82, 2.24) is 20.4 Å². The molecule has 0 aliphatic carbocycles. The number of unbranched alkanes of at least 4 members (excludes halogenated alkanes) is 12. The van der Waals surface area contributed by atoms with E-state index in [1.807, 2.05) is 0 Å². The standard InChI is InChI=1S/C38H60N4O7/c1-3-4-5-6-7-8-9-10-11-12-13-14-15-20-35(45)41-25-17-19-33(41)37(47)42-26-16-18-32(42)36(46)39-28-34(44)40-31(38(48)49-2)27-29-21-23-30(43)24-22-29/h21-24,31-33,43H,3-20,25-28H2,1-2H3,(H,39,46)(H,40,44)/t31?,32-,33-/m0/s1. The van der Waals surface area contributed by atoms with Gasteiger partial charge in [0.05, 0.1) is 13.7 Å². The molecule has 2 aliphatic rings. The molecule has 1 unspecified atom stereocenters. The molecule has 0 saturated carbocycles. The number of hydrogen-bond acceptors (Lipinski definition) is 7. The number of carbonyl (C=O) groups is 5. The largest absolute Gasteiger partial charge is 0.508 e. The highest BCUT2D eigenvalue weighted by atomic mass is 16.5. The molecule has 2 fully saturated rings.